The van der Waals surface area contributed by atoms with Gasteiger partial charge in [0.25, 0.3) is 0 Å². The zero-order valence-corrected chi connectivity index (χ0v) is 19.1. The Balaban J connectivity index is 1.59. The van der Waals surface area contributed by atoms with Gasteiger partial charge in [-0.15, -0.1) is 0 Å². The Kier molecular flexibility index (Phi) is 7.71. The normalized spacial score (nSPS) is 15.0. The van der Waals surface area contributed by atoms with Crippen molar-refractivity contribution in [3.8, 4) is 5.75 Å². The first-order valence-electron chi connectivity index (χ1n) is 9.38. The molecule has 0 spiro atoms. The van der Waals surface area contributed by atoms with Gasteiger partial charge in [-0.3, -0.25) is 9.69 Å². The summed E-state index contributed by atoms with van der Waals surface area (Å²) >= 11 is 6.92. The molecule has 0 aliphatic carbocycles. The van der Waals surface area contributed by atoms with Crippen LogP contribution in [0.25, 0.3) is 6.08 Å². The van der Waals surface area contributed by atoms with Crippen LogP contribution < -0.4 is 10.1 Å². The lowest BCUT2D eigenvalue weighted by atomic mass is 10.1. The van der Waals surface area contributed by atoms with E-state index in [1.807, 2.05) is 24.3 Å². The number of benzene rings is 2. The predicted molar refractivity (Wildman–Crippen MR) is 122 cm³/mol. The molecular weight excluding hydrogens is 484 g/mol. The van der Waals surface area contributed by atoms with Gasteiger partial charge in [0.2, 0.25) is 5.91 Å². The van der Waals surface area contributed by atoms with Crippen LogP contribution in [0, 0.1) is 0 Å². The molecule has 4 nitrogen and oxygen atoms in total. The van der Waals surface area contributed by atoms with Gasteiger partial charge >= 0.3 is 0 Å². The first kappa shape index (κ1) is 21.1. The van der Waals surface area contributed by atoms with Gasteiger partial charge in [-0.1, -0.05) is 34.5 Å². The van der Waals surface area contributed by atoms with E-state index in [0.29, 0.717) is 5.75 Å². The third-order valence-corrected chi connectivity index (χ3v) is 5.78. The zero-order chi connectivity index (χ0) is 19.9. The minimum atomic E-state index is -0.179. The highest BCUT2D eigenvalue weighted by Crippen LogP contribution is 2.33. The number of halogens is 2. The average Bonchev–Trinajstić information content (AvgIpc) is 2.68. The van der Waals surface area contributed by atoms with E-state index in [-0.39, 0.29) is 5.91 Å². The molecule has 1 aliphatic heterocycles. The minimum absolute atomic E-state index is 0.179. The van der Waals surface area contributed by atoms with Gasteiger partial charge < -0.3 is 10.1 Å². The fraction of sp³-hybridized carbons (Fsp3) is 0.318. The molecule has 148 valence electrons. The summed E-state index contributed by atoms with van der Waals surface area (Å²) in [7, 11) is 1.61. The van der Waals surface area contributed by atoms with Gasteiger partial charge in [-0.25, -0.2) is 0 Å². The third kappa shape index (κ3) is 5.93. The van der Waals surface area contributed by atoms with Crippen molar-refractivity contribution in [2.24, 2.45) is 0 Å². The fourth-order valence-corrected chi connectivity index (χ4v) is 4.76. The molecule has 28 heavy (non-hydrogen) atoms. The summed E-state index contributed by atoms with van der Waals surface area (Å²) in [5, 5.41) is 2.91. The molecule has 1 saturated heterocycles. The van der Waals surface area contributed by atoms with Crippen LogP contribution in [0.4, 0.5) is 5.69 Å². The Labute approximate surface area is 183 Å². The van der Waals surface area contributed by atoms with E-state index in [1.54, 1.807) is 13.2 Å². The first-order valence-corrected chi connectivity index (χ1v) is 11.0. The molecule has 1 heterocycles. The van der Waals surface area contributed by atoms with Crippen molar-refractivity contribution >= 4 is 49.5 Å². The SMILES string of the molecule is COc1c(Br)cc(Br)cc1C=CC(=O)Nc1ccc(CN2CCCCC2)cc1. The third-order valence-electron chi connectivity index (χ3n) is 4.73. The number of nitrogens with one attached hydrogen (secondary N) is 1. The van der Waals surface area contributed by atoms with Crippen LogP contribution in [0.1, 0.15) is 30.4 Å². The maximum Gasteiger partial charge on any atom is 0.248 e. The maximum atomic E-state index is 12.3. The quantitative estimate of drug-likeness (QED) is 0.498. The van der Waals surface area contributed by atoms with E-state index in [0.717, 1.165) is 26.7 Å². The molecule has 2 aromatic rings. The van der Waals surface area contributed by atoms with Crippen molar-refractivity contribution < 1.29 is 9.53 Å². The number of anilines is 1. The molecule has 2 aromatic carbocycles. The maximum absolute atomic E-state index is 12.3. The highest BCUT2D eigenvalue weighted by Gasteiger charge is 2.10. The standard InChI is InChI=1S/C22H24Br2N2O2/c1-28-22-17(13-18(23)14-20(22)24)7-10-21(27)25-19-8-5-16(6-9-19)15-26-11-3-2-4-12-26/h5-10,13-14H,2-4,11-12,15H2,1H3,(H,25,27). The summed E-state index contributed by atoms with van der Waals surface area (Å²) in [6, 6.07) is 11.9. The van der Waals surface area contributed by atoms with Crippen molar-refractivity contribution in [2.45, 2.75) is 25.8 Å². The molecule has 1 aliphatic rings. The van der Waals surface area contributed by atoms with Gasteiger partial charge in [0.05, 0.1) is 11.6 Å². The number of hydrogen-bond donors (Lipinski definition) is 1. The lowest BCUT2D eigenvalue weighted by Crippen LogP contribution is -2.29. The van der Waals surface area contributed by atoms with E-state index in [4.69, 9.17) is 4.74 Å². The molecule has 1 amide bonds. The van der Waals surface area contributed by atoms with Crippen molar-refractivity contribution in [2.75, 3.05) is 25.5 Å². The van der Waals surface area contributed by atoms with E-state index in [2.05, 4.69) is 54.2 Å². The summed E-state index contributed by atoms with van der Waals surface area (Å²) in [6.45, 7) is 3.34. The smallest absolute Gasteiger partial charge is 0.248 e. The van der Waals surface area contributed by atoms with E-state index in [1.165, 1.54) is 44.0 Å². The number of hydrogen-bond acceptors (Lipinski definition) is 3. The van der Waals surface area contributed by atoms with Crippen molar-refractivity contribution in [1.82, 2.24) is 4.90 Å². The topological polar surface area (TPSA) is 41.6 Å². The van der Waals surface area contributed by atoms with Crippen molar-refractivity contribution in [1.29, 1.82) is 0 Å². The number of carbonyl (C=O) groups excluding carboxylic acids is 1. The Morgan fingerprint density at radius 3 is 2.54 bits per heavy atom. The number of piperidine rings is 1. The molecule has 0 aromatic heterocycles. The van der Waals surface area contributed by atoms with E-state index < -0.39 is 0 Å². The van der Waals surface area contributed by atoms with Crippen LogP contribution in [-0.2, 0) is 11.3 Å². The number of amides is 1. The molecule has 1 fully saturated rings. The highest BCUT2D eigenvalue weighted by molar-refractivity contribution is 9.11. The second-order valence-corrected chi connectivity index (χ2v) is 8.64. The Hall–Kier alpha value is -1.63. The molecule has 0 radical (unpaired) electrons. The van der Waals surface area contributed by atoms with Crippen LogP contribution in [0.2, 0.25) is 0 Å². The van der Waals surface area contributed by atoms with Crippen LogP contribution >= 0.6 is 31.9 Å². The summed E-state index contributed by atoms with van der Waals surface area (Å²) < 4.78 is 7.14. The molecule has 3 rings (SSSR count). The first-order chi connectivity index (χ1) is 13.5. The summed E-state index contributed by atoms with van der Waals surface area (Å²) in [5.74, 6) is 0.510. The Morgan fingerprint density at radius 1 is 1.14 bits per heavy atom. The molecular formula is C22H24Br2N2O2. The highest BCUT2D eigenvalue weighted by atomic mass is 79.9. The molecule has 0 atom stereocenters. The van der Waals surface area contributed by atoms with Gasteiger partial charge in [0, 0.05) is 28.3 Å². The van der Waals surface area contributed by atoms with Gasteiger partial charge in [-0.2, -0.15) is 0 Å². The Bertz CT molecular complexity index is 844. The zero-order valence-electron chi connectivity index (χ0n) is 15.9. The van der Waals surface area contributed by atoms with Crippen LogP contribution in [0.5, 0.6) is 5.75 Å². The number of nitrogens with zero attached hydrogens (tertiary/aromatic N) is 1. The van der Waals surface area contributed by atoms with Crippen LogP contribution in [-0.4, -0.2) is 31.0 Å². The van der Waals surface area contributed by atoms with Crippen LogP contribution in [0.15, 0.2) is 51.4 Å². The number of carbonyl (C=O) groups is 1. The molecule has 6 heteroatoms. The number of ether oxygens (including phenoxy) is 1. The lowest BCUT2D eigenvalue weighted by molar-refractivity contribution is -0.111. The number of methoxy groups -OCH3 is 1. The summed E-state index contributed by atoms with van der Waals surface area (Å²) in [5.41, 5.74) is 2.88. The predicted octanol–water partition coefficient (Wildman–Crippen LogP) is 5.86. The second-order valence-electron chi connectivity index (χ2n) is 6.87. The van der Waals surface area contributed by atoms with Crippen LogP contribution in [0.3, 0.4) is 0 Å². The van der Waals surface area contributed by atoms with Gasteiger partial charge in [-0.05, 0) is 77.8 Å². The van der Waals surface area contributed by atoms with Crippen molar-refractivity contribution in [3.63, 3.8) is 0 Å². The number of rotatable bonds is 6. The molecule has 0 unspecified atom stereocenters. The fourth-order valence-electron chi connectivity index (χ4n) is 3.34. The molecule has 0 saturated carbocycles. The van der Waals surface area contributed by atoms with Crippen molar-refractivity contribution in [3.05, 3.63) is 62.5 Å². The lowest BCUT2D eigenvalue weighted by Gasteiger charge is -2.26. The van der Waals surface area contributed by atoms with E-state index >= 15 is 0 Å². The monoisotopic (exact) mass is 506 g/mol. The molecule has 1 N–H and O–H groups in total. The van der Waals surface area contributed by atoms with Gasteiger partial charge in [0.15, 0.2) is 0 Å². The summed E-state index contributed by atoms with van der Waals surface area (Å²) in [6.07, 6.45) is 7.18. The van der Waals surface area contributed by atoms with E-state index in [9.17, 15) is 4.79 Å². The second kappa shape index (κ2) is 10.2. The minimum Gasteiger partial charge on any atom is -0.495 e. The average molecular weight is 508 g/mol. The molecule has 0 bridgehead atoms. The summed E-state index contributed by atoms with van der Waals surface area (Å²) in [4.78, 5) is 14.8. The largest absolute Gasteiger partial charge is 0.495 e. The van der Waals surface area contributed by atoms with Gasteiger partial charge in [0.1, 0.15) is 5.75 Å². The Morgan fingerprint density at radius 2 is 1.86 bits per heavy atom. The number of likely N-dealkylation sites (tertiary alicyclic amines) is 1.